The van der Waals surface area contributed by atoms with Crippen LogP contribution in [0.3, 0.4) is 0 Å². The van der Waals surface area contributed by atoms with Crippen LogP contribution in [0, 0.1) is 18.3 Å². The number of furan rings is 1. The monoisotopic (exact) mass is 353 g/mol. The van der Waals surface area contributed by atoms with E-state index in [0.717, 1.165) is 0 Å². The van der Waals surface area contributed by atoms with E-state index in [0.29, 0.717) is 11.3 Å². The zero-order valence-electron chi connectivity index (χ0n) is 14.2. The Morgan fingerprint density at radius 2 is 2.15 bits per heavy atom. The van der Waals surface area contributed by atoms with Crippen molar-refractivity contribution in [3.05, 3.63) is 57.3 Å². The van der Waals surface area contributed by atoms with Gasteiger partial charge in [-0.05, 0) is 26.0 Å². The molecule has 0 saturated carbocycles. The Balaban J connectivity index is 1.94. The summed E-state index contributed by atoms with van der Waals surface area (Å²) >= 11 is 0. The lowest BCUT2D eigenvalue weighted by Gasteiger charge is -2.06. The molecular weight excluding hydrogens is 338 g/mol. The number of nitriles is 1. The zero-order valence-corrected chi connectivity index (χ0v) is 14.2. The van der Waals surface area contributed by atoms with Gasteiger partial charge in [-0.25, -0.2) is 4.79 Å². The van der Waals surface area contributed by atoms with Gasteiger partial charge >= 0.3 is 5.97 Å². The molecule has 3 rings (SSSR count). The fourth-order valence-electron chi connectivity index (χ4n) is 2.51. The van der Waals surface area contributed by atoms with Crippen molar-refractivity contribution in [3.8, 4) is 11.8 Å². The Hall–Kier alpha value is -3.60. The third kappa shape index (κ3) is 3.15. The van der Waals surface area contributed by atoms with Crippen LogP contribution >= 0.6 is 0 Å². The first-order valence-corrected chi connectivity index (χ1v) is 7.86. The lowest BCUT2D eigenvalue weighted by Crippen LogP contribution is -2.16. The summed E-state index contributed by atoms with van der Waals surface area (Å²) in [7, 11) is 0. The standard InChI is InChI=1S/C18H15N3O5/c1-3-24-18(23)14-10(2)26-17-15(14)16(22)20-13(21-17)9-25-12-7-5-4-6-11(12)8-19/h4-7H,3,9H2,1-2H3,(H,20,21,22). The number of rotatable bonds is 5. The van der Waals surface area contributed by atoms with Gasteiger partial charge in [-0.3, -0.25) is 4.79 Å². The summed E-state index contributed by atoms with van der Waals surface area (Å²) in [5.74, 6) is 0.201. The maximum absolute atomic E-state index is 12.4. The number of aromatic nitrogens is 2. The first-order chi connectivity index (χ1) is 12.5. The van der Waals surface area contributed by atoms with Crippen molar-refractivity contribution in [1.29, 1.82) is 5.26 Å². The van der Waals surface area contributed by atoms with Crippen molar-refractivity contribution in [2.24, 2.45) is 0 Å². The van der Waals surface area contributed by atoms with Gasteiger partial charge in [0.2, 0.25) is 5.71 Å². The summed E-state index contributed by atoms with van der Waals surface area (Å²) in [6.45, 7) is 3.35. The van der Waals surface area contributed by atoms with E-state index in [-0.39, 0.29) is 41.5 Å². The molecular formula is C18H15N3O5. The lowest BCUT2D eigenvalue weighted by molar-refractivity contribution is 0.0526. The topological polar surface area (TPSA) is 118 Å². The minimum Gasteiger partial charge on any atom is -0.484 e. The Kier molecular flexibility index (Phi) is 4.71. The third-order valence-electron chi connectivity index (χ3n) is 3.64. The summed E-state index contributed by atoms with van der Waals surface area (Å²) in [5.41, 5.74) is -0.0594. The average molecular weight is 353 g/mol. The minimum atomic E-state index is -0.636. The number of carbonyl (C=O) groups is 1. The average Bonchev–Trinajstić information content (AvgIpc) is 2.97. The number of para-hydroxylation sites is 1. The number of aryl methyl sites for hydroxylation is 1. The first kappa shape index (κ1) is 17.2. The van der Waals surface area contributed by atoms with Gasteiger partial charge in [0, 0.05) is 0 Å². The van der Waals surface area contributed by atoms with Crippen molar-refractivity contribution >= 4 is 17.1 Å². The van der Waals surface area contributed by atoms with E-state index in [1.807, 2.05) is 6.07 Å². The zero-order chi connectivity index (χ0) is 18.7. The Morgan fingerprint density at radius 1 is 1.38 bits per heavy atom. The van der Waals surface area contributed by atoms with Gasteiger partial charge < -0.3 is 18.9 Å². The van der Waals surface area contributed by atoms with Gasteiger partial charge in [-0.2, -0.15) is 10.2 Å². The van der Waals surface area contributed by atoms with Crippen LogP contribution in [0.25, 0.3) is 11.1 Å². The van der Waals surface area contributed by atoms with Crippen LogP contribution in [-0.4, -0.2) is 22.5 Å². The number of benzene rings is 1. The fraction of sp³-hybridized carbons (Fsp3) is 0.222. The van der Waals surface area contributed by atoms with Gasteiger partial charge in [0.15, 0.2) is 5.82 Å². The maximum atomic E-state index is 12.4. The molecule has 0 spiro atoms. The van der Waals surface area contributed by atoms with E-state index < -0.39 is 11.5 Å². The molecule has 1 aromatic carbocycles. The van der Waals surface area contributed by atoms with Gasteiger partial charge in [0.05, 0.1) is 12.2 Å². The van der Waals surface area contributed by atoms with Crippen LogP contribution in [-0.2, 0) is 11.3 Å². The highest BCUT2D eigenvalue weighted by molar-refractivity contribution is 6.03. The van der Waals surface area contributed by atoms with Crippen LogP contribution in [0.5, 0.6) is 5.75 Å². The molecule has 132 valence electrons. The molecule has 3 aromatic rings. The second-order valence-electron chi connectivity index (χ2n) is 5.34. The first-order valence-electron chi connectivity index (χ1n) is 7.86. The largest absolute Gasteiger partial charge is 0.484 e. The number of esters is 1. The highest BCUT2D eigenvalue weighted by Crippen LogP contribution is 2.22. The number of aromatic amines is 1. The van der Waals surface area contributed by atoms with Crippen molar-refractivity contribution in [2.45, 2.75) is 20.5 Å². The lowest BCUT2D eigenvalue weighted by atomic mass is 10.2. The Bertz CT molecular complexity index is 1070. The molecule has 0 saturated heterocycles. The van der Waals surface area contributed by atoms with Crippen molar-refractivity contribution in [1.82, 2.24) is 9.97 Å². The summed E-state index contributed by atoms with van der Waals surface area (Å²) in [6, 6.07) is 8.74. The van der Waals surface area contributed by atoms with E-state index in [1.54, 1.807) is 38.1 Å². The van der Waals surface area contributed by atoms with Crippen LogP contribution in [0.2, 0.25) is 0 Å². The highest BCUT2D eigenvalue weighted by atomic mass is 16.5. The fourth-order valence-corrected chi connectivity index (χ4v) is 2.51. The van der Waals surface area contributed by atoms with Crippen molar-refractivity contribution in [2.75, 3.05) is 6.61 Å². The normalized spacial score (nSPS) is 10.5. The molecule has 0 amide bonds. The van der Waals surface area contributed by atoms with Crippen LogP contribution in [0.1, 0.15) is 34.4 Å². The number of ether oxygens (including phenoxy) is 2. The van der Waals surface area contributed by atoms with E-state index in [1.165, 1.54) is 0 Å². The number of hydrogen-bond donors (Lipinski definition) is 1. The minimum absolute atomic E-state index is 0.0291. The number of fused-ring (bicyclic) bond motifs is 1. The van der Waals surface area contributed by atoms with Crippen LogP contribution in [0.15, 0.2) is 33.5 Å². The van der Waals surface area contributed by atoms with Crippen LogP contribution in [0.4, 0.5) is 0 Å². The van der Waals surface area contributed by atoms with Gasteiger partial charge in [-0.1, -0.05) is 12.1 Å². The Morgan fingerprint density at radius 3 is 2.88 bits per heavy atom. The molecule has 8 nitrogen and oxygen atoms in total. The molecule has 0 fully saturated rings. The highest BCUT2D eigenvalue weighted by Gasteiger charge is 2.23. The molecule has 26 heavy (non-hydrogen) atoms. The Labute approximate surface area is 148 Å². The summed E-state index contributed by atoms with van der Waals surface area (Å²) in [5, 5.41) is 9.11. The summed E-state index contributed by atoms with van der Waals surface area (Å²) < 4.78 is 16.0. The van der Waals surface area contributed by atoms with E-state index in [4.69, 9.17) is 19.2 Å². The van der Waals surface area contributed by atoms with Crippen molar-refractivity contribution in [3.63, 3.8) is 0 Å². The van der Waals surface area contributed by atoms with E-state index in [9.17, 15) is 9.59 Å². The quantitative estimate of drug-likeness (QED) is 0.700. The molecule has 0 aliphatic heterocycles. The van der Waals surface area contributed by atoms with Gasteiger partial charge in [-0.15, -0.1) is 0 Å². The predicted molar refractivity (Wildman–Crippen MR) is 90.8 cm³/mol. The van der Waals surface area contributed by atoms with E-state index in [2.05, 4.69) is 9.97 Å². The molecule has 0 radical (unpaired) electrons. The van der Waals surface area contributed by atoms with Gasteiger partial charge in [0.25, 0.3) is 5.56 Å². The second kappa shape index (κ2) is 7.11. The number of nitrogens with zero attached hydrogens (tertiary/aromatic N) is 2. The van der Waals surface area contributed by atoms with E-state index >= 15 is 0 Å². The van der Waals surface area contributed by atoms with Crippen LogP contribution < -0.4 is 10.3 Å². The molecule has 1 N–H and O–H groups in total. The predicted octanol–water partition coefficient (Wildman–Crippen LogP) is 2.45. The molecule has 2 heterocycles. The molecule has 8 heteroatoms. The van der Waals surface area contributed by atoms with Crippen molar-refractivity contribution < 1.29 is 18.7 Å². The molecule has 0 atom stereocenters. The maximum Gasteiger partial charge on any atom is 0.342 e. The summed E-state index contributed by atoms with van der Waals surface area (Å²) in [6.07, 6.45) is 0. The number of nitrogens with one attached hydrogen (secondary N) is 1. The number of hydrogen-bond acceptors (Lipinski definition) is 7. The number of carbonyl (C=O) groups excluding carboxylic acids is 1. The molecule has 0 aliphatic carbocycles. The summed E-state index contributed by atoms with van der Waals surface area (Å²) in [4.78, 5) is 31.2. The number of H-pyrrole nitrogens is 1. The molecule has 0 bridgehead atoms. The molecule has 0 unspecified atom stereocenters. The smallest absolute Gasteiger partial charge is 0.342 e. The third-order valence-corrected chi connectivity index (χ3v) is 3.64. The molecule has 2 aromatic heterocycles. The van der Waals surface area contributed by atoms with Gasteiger partial charge in [0.1, 0.15) is 35.1 Å². The second-order valence-corrected chi connectivity index (χ2v) is 5.34. The SMILES string of the molecule is CCOC(=O)c1c(C)oc2nc(COc3ccccc3C#N)[nH]c(=O)c12. The molecule has 0 aliphatic rings.